The van der Waals surface area contributed by atoms with Crippen molar-refractivity contribution in [2.45, 2.75) is 109 Å². The fourth-order valence-electron chi connectivity index (χ4n) is 6.46. The average Bonchev–Trinajstić information content (AvgIpc) is 3.28. The predicted octanol–water partition coefficient (Wildman–Crippen LogP) is 6.18. The van der Waals surface area contributed by atoms with Crippen molar-refractivity contribution in [3.05, 3.63) is 39.3 Å². The summed E-state index contributed by atoms with van der Waals surface area (Å²) < 4.78 is 12.7. The summed E-state index contributed by atoms with van der Waals surface area (Å²) in [6.07, 6.45) is 7.46. The van der Waals surface area contributed by atoms with Crippen LogP contribution in [0.15, 0.2) is 27.5 Å². The third-order valence-corrected chi connectivity index (χ3v) is 8.53. The zero-order valence-corrected chi connectivity index (χ0v) is 24.5. The maximum atomic E-state index is 13.8. The number of amides is 2. The fraction of sp³-hybridized carbons (Fsp3) is 0.600. The van der Waals surface area contributed by atoms with E-state index in [2.05, 4.69) is 15.8 Å². The minimum absolute atomic E-state index is 0.0633. The van der Waals surface area contributed by atoms with Crippen LogP contribution in [0.5, 0.6) is 0 Å². The molecule has 0 spiro atoms. The highest BCUT2D eigenvalue weighted by atomic mass is 35.5. The highest BCUT2D eigenvalue weighted by Gasteiger charge is 2.35. The summed E-state index contributed by atoms with van der Waals surface area (Å²) in [6, 6.07) is 4.57. The molecule has 3 unspecified atom stereocenters. The van der Waals surface area contributed by atoms with Crippen molar-refractivity contribution in [3.63, 3.8) is 0 Å². The first-order valence-corrected chi connectivity index (χ1v) is 14.8. The normalized spacial score (nSPS) is 21.3. The van der Waals surface area contributed by atoms with Crippen LogP contribution in [0, 0.1) is 12.8 Å². The van der Waals surface area contributed by atoms with Gasteiger partial charge in [-0.25, -0.2) is 4.79 Å². The zero-order chi connectivity index (χ0) is 28.6. The molecule has 2 heterocycles. The van der Waals surface area contributed by atoms with E-state index >= 15 is 0 Å². The lowest BCUT2D eigenvalue weighted by Gasteiger charge is -2.35. The van der Waals surface area contributed by atoms with Gasteiger partial charge in [0.2, 0.25) is 5.91 Å². The number of carbonyl (C=O) groups is 2. The molecule has 5 rings (SSSR count). The van der Waals surface area contributed by atoms with Crippen molar-refractivity contribution in [2.24, 2.45) is 5.92 Å². The van der Waals surface area contributed by atoms with Gasteiger partial charge in [0, 0.05) is 17.5 Å². The Balaban J connectivity index is 1.40. The number of halogens is 1. The molecule has 3 atom stereocenters. The van der Waals surface area contributed by atoms with Gasteiger partial charge in [-0.15, -0.1) is 0 Å². The number of alkyl carbamates (subject to hydrolysis) is 1. The number of benzene rings is 1. The van der Waals surface area contributed by atoms with Crippen LogP contribution in [0.25, 0.3) is 21.8 Å². The zero-order valence-electron chi connectivity index (χ0n) is 23.7. The van der Waals surface area contributed by atoms with E-state index in [0.29, 0.717) is 39.0 Å². The number of nitrogens with one attached hydrogen (secondary N) is 2. The molecule has 0 radical (unpaired) electrons. The molecule has 10 heteroatoms. The van der Waals surface area contributed by atoms with Gasteiger partial charge in [0.15, 0.2) is 0 Å². The summed E-state index contributed by atoms with van der Waals surface area (Å²) in [5.74, 6) is 0.335. The maximum absolute atomic E-state index is 13.8. The number of carbonyl (C=O) groups excluding carboxylic acids is 2. The van der Waals surface area contributed by atoms with E-state index in [1.807, 2.05) is 37.5 Å². The summed E-state index contributed by atoms with van der Waals surface area (Å²) in [4.78, 5) is 40.1. The molecule has 2 N–H and O–H groups in total. The lowest BCUT2D eigenvalue weighted by atomic mass is 9.83. The number of aryl methyl sites for hydroxylation is 1. The van der Waals surface area contributed by atoms with Gasteiger partial charge in [0.05, 0.1) is 10.5 Å². The standard InChI is InChI=1S/C30H39ClN4O5/c1-17-23-26(34-40-17)24-21(31)14-9-15-22(24)35(28(23)37)20-13-8-12-19(16-20)32-27(36)25(18-10-6-5-7-11-18)33-29(38)39-30(2,3)4/h9,14-15,18-20,25H,5-8,10-13,16H2,1-4H3,(H,32,36)(H,33,38). The van der Waals surface area contributed by atoms with Crippen LogP contribution in [-0.2, 0) is 9.53 Å². The van der Waals surface area contributed by atoms with Crippen molar-refractivity contribution in [1.82, 2.24) is 20.4 Å². The van der Waals surface area contributed by atoms with Crippen LogP contribution in [0.3, 0.4) is 0 Å². The lowest BCUT2D eigenvalue weighted by Crippen LogP contribution is -2.54. The minimum atomic E-state index is -0.658. The summed E-state index contributed by atoms with van der Waals surface area (Å²) in [7, 11) is 0. The summed E-state index contributed by atoms with van der Waals surface area (Å²) in [5, 5.41) is 11.9. The molecule has 2 amide bonds. The van der Waals surface area contributed by atoms with Crippen LogP contribution < -0.4 is 16.2 Å². The van der Waals surface area contributed by atoms with E-state index in [-0.39, 0.29) is 29.5 Å². The van der Waals surface area contributed by atoms with Crippen LogP contribution in [0.4, 0.5) is 4.79 Å². The van der Waals surface area contributed by atoms with E-state index in [0.717, 1.165) is 51.4 Å². The van der Waals surface area contributed by atoms with Gasteiger partial charge < -0.3 is 24.5 Å². The second-order valence-corrected chi connectivity index (χ2v) is 12.7. The van der Waals surface area contributed by atoms with Crippen molar-refractivity contribution in [1.29, 1.82) is 0 Å². The maximum Gasteiger partial charge on any atom is 0.408 e. The summed E-state index contributed by atoms with van der Waals surface area (Å²) in [6.45, 7) is 7.15. The molecule has 2 fully saturated rings. The van der Waals surface area contributed by atoms with Crippen molar-refractivity contribution >= 4 is 45.4 Å². The first kappa shape index (κ1) is 28.5. The van der Waals surface area contributed by atoms with Crippen LogP contribution in [0.2, 0.25) is 5.02 Å². The largest absolute Gasteiger partial charge is 0.444 e. The van der Waals surface area contributed by atoms with Gasteiger partial charge in [-0.1, -0.05) is 42.1 Å². The van der Waals surface area contributed by atoms with Gasteiger partial charge in [0.25, 0.3) is 5.56 Å². The Kier molecular flexibility index (Phi) is 8.13. The average molecular weight is 571 g/mol. The van der Waals surface area contributed by atoms with Crippen LogP contribution in [-0.4, -0.2) is 39.4 Å². The Morgan fingerprint density at radius 2 is 1.85 bits per heavy atom. The molecule has 216 valence electrons. The molecule has 40 heavy (non-hydrogen) atoms. The van der Waals surface area contributed by atoms with Gasteiger partial charge in [-0.05, 0) is 84.3 Å². The molecule has 9 nitrogen and oxygen atoms in total. The minimum Gasteiger partial charge on any atom is -0.444 e. The van der Waals surface area contributed by atoms with Crippen molar-refractivity contribution in [2.75, 3.05) is 0 Å². The molecule has 2 aliphatic carbocycles. The Labute approximate surface area is 238 Å². The van der Waals surface area contributed by atoms with E-state index in [1.54, 1.807) is 13.0 Å². The van der Waals surface area contributed by atoms with E-state index in [1.165, 1.54) is 0 Å². The molecular formula is C30H39ClN4O5. The van der Waals surface area contributed by atoms with Gasteiger partial charge in [0.1, 0.15) is 28.3 Å². The molecule has 2 saturated carbocycles. The molecular weight excluding hydrogens is 532 g/mol. The fourth-order valence-corrected chi connectivity index (χ4v) is 6.71. The lowest BCUT2D eigenvalue weighted by molar-refractivity contribution is -0.125. The second-order valence-electron chi connectivity index (χ2n) is 12.3. The van der Waals surface area contributed by atoms with Crippen LogP contribution >= 0.6 is 11.6 Å². The van der Waals surface area contributed by atoms with Gasteiger partial charge in [-0.3, -0.25) is 9.59 Å². The number of aromatic nitrogens is 2. The second kappa shape index (κ2) is 11.4. The number of ether oxygens (including phenoxy) is 1. The number of nitrogens with zero attached hydrogens (tertiary/aromatic N) is 2. The van der Waals surface area contributed by atoms with Crippen molar-refractivity contribution < 1.29 is 18.8 Å². The number of rotatable bonds is 5. The molecule has 0 saturated heterocycles. The van der Waals surface area contributed by atoms with Gasteiger partial charge >= 0.3 is 6.09 Å². The van der Waals surface area contributed by atoms with E-state index in [9.17, 15) is 14.4 Å². The quantitative estimate of drug-likeness (QED) is 0.378. The molecule has 1 aromatic carbocycles. The monoisotopic (exact) mass is 570 g/mol. The SMILES string of the molecule is Cc1onc2c1c(=O)n(C1CCCC(NC(=O)C(NC(=O)OC(C)(C)C)C3CCCCC3)C1)c1cccc(Cl)c21. The van der Waals surface area contributed by atoms with E-state index < -0.39 is 17.7 Å². The third kappa shape index (κ3) is 5.85. The Morgan fingerprint density at radius 1 is 1.10 bits per heavy atom. The molecule has 0 bridgehead atoms. The Bertz CT molecular complexity index is 1470. The Morgan fingerprint density at radius 3 is 2.58 bits per heavy atom. The highest BCUT2D eigenvalue weighted by Crippen LogP contribution is 2.35. The first-order chi connectivity index (χ1) is 19.0. The van der Waals surface area contributed by atoms with Crippen LogP contribution in [0.1, 0.15) is 90.4 Å². The predicted molar refractivity (Wildman–Crippen MR) is 155 cm³/mol. The molecule has 3 aromatic rings. The molecule has 2 aliphatic rings. The Hall–Kier alpha value is -3.07. The topological polar surface area (TPSA) is 115 Å². The smallest absolute Gasteiger partial charge is 0.408 e. The summed E-state index contributed by atoms with van der Waals surface area (Å²) >= 11 is 6.60. The van der Waals surface area contributed by atoms with E-state index in [4.69, 9.17) is 20.9 Å². The third-order valence-electron chi connectivity index (χ3n) is 8.22. The first-order valence-electron chi connectivity index (χ1n) is 14.4. The number of hydrogen-bond donors (Lipinski definition) is 2. The number of fused-ring (bicyclic) bond motifs is 3. The summed E-state index contributed by atoms with van der Waals surface area (Å²) in [5.41, 5.74) is 0.370. The van der Waals surface area contributed by atoms with Gasteiger partial charge in [-0.2, -0.15) is 0 Å². The molecule has 2 aromatic heterocycles. The highest BCUT2D eigenvalue weighted by molar-refractivity contribution is 6.37. The molecule has 0 aliphatic heterocycles. The van der Waals surface area contributed by atoms with Crippen molar-refractivity contribution in [3.8, 4) is 0 Å². The number of hydrogen-bond acceptors (Lipinski definition) is 6. The number of pyridine rings is 1.